The summed E-state index contributed by atoms with van der Waals surface area (Å²) in [6.45, 7) is 18.9. The maximum Gasteiger partial charge on any atom is 0.112 e. The van der Waals surface area contributed by atoms with Crippen LogP contribution in [0.1, 0.15) is 64.0 Å². The number of nitrogens with one attached hydrogen (secondary N) is 1. The molecule has 0 fully saturated rings. The summed E-state index contributed by atoms with van der Waals surface area (Å²) in [7, 11) is 1.98. The van der Waals surface area contributed by atoms with Crippen LogP contribution in [-0.4, -0.2) is 18.2 Å². The lowest BCUT2D eigenvalue weighted by atomic mass is 9.92. The van der Waals surface area contributed by atoms with E-state index >= 15 is 0 Å². The van der Waals surface area contributed by atoms with E-state index in [0.717, 1.165) is 23.4 Å². The van der Waals surface area contributed by atoms with Gasteiger partial charge in [0.25, 0.3) is 0 Å². The summed E-state index contributed by atoms with van der Waals surface area (Å²) in [4.78, 5) is 2.05. The van der Waals surface area contributed by atoms with Gasteiger partial charge >= 0.3 is 0 Å². The Morgan fingerprint density at radius 2 is 1.52 bits per heavy atom. The molecule has 0 aliphatic carbocycles. The average molecular weight is 393 g/mol. The third-order valence-electron chi connectivity index (χ3n) is 5.46. The Morgan fingerprint density at radius 1 is 0.966 bits per heavy atom. The molecule has 0 amide bonds. The molecule has 2 rings (SSSR count). The Labute approximate surface area is 176 Å². The Kier molecular flexibility index (Phi) is 7.55. The van der Waals surface area contributed by atoms with Crippen LogP contribution in [0.5, 0.6) is 0 Å². The number of para-hydroxylation sites is 3. The maximum absolute atomic E-state index is 10.2. The number of nitrogens with zero attached hydrogens (tertiary/aromatic N) is 1. The lowest BCUT2D eigenvalue weighted by Gasteiger charge is -2.32. The lowest BCUT2D eigenvalue weighted by molar-refractivity contribution is 0.377. The summed E-state index contributed by atoms with van der Waals surface area (Å²) in [5.74, 6) is 0.927. The number of benzene rings is 2. The molecule has 0 aromatic heterocycles. The van der Waals surface area contributed by atoms with Crippen LogP contribution in [0.3, 0.4) is 0 Å². The molecule has 3 nitrogen and oxygen atoms in total. The smallest absolute Gasteiger partial charge is 0.112 e. The summed E-state index contributed by atoms with van der Waals surface area (Å²) >= 11 is 0. The van der Waals surface area contributed by atoms with Crippen LogP contribution >= 0.6 is 0 Å². The topological polar surface area (TPSA) is 35.5 Å². The van der Waals surface area contributed by atoms with Crippen LogP contribution in [0.25, 0.3) is 0 Å². The minimum atomic E-state index is -0.326. The minimum Gasteiger partial charge on any atom is -0.510 e. The number of hydrogen-bond acceptors (Lipinski definition) is 3. The van der Waals surface area contributed by atoms with Crippen molar-refractivity contribution in [1.29, 1.82) is 0 Å². The summed E-state index contributed by atoms with van der Waals surface area (Å²) in [6.07, 6.45) is 0.776. The first-order chi connectivity index (χ1) is 13.7. The molecular formula is C26H36N2O. The number of aliphatic hydroxyl groups is 1. The average Bonchev–Trinajstić information content (AvgIpc) is 2.67. The van der Waals surface area contributed by atoms with Crippen molar-refractivity contribution in [1.82, 2.24) is 0 Å². The molecule has 1 atom stereocenters. The van der Waals surface area contributed by atoms with Gasteiger partial charge in [-0.25, -0.2) is 0 Å². The van der Waals surface area contributed by atoms with Crippen LogP contribution in [0, 0.1) is 0 Å². The van der Waals surface area contributed by atoms with Crippen molar-refractivity contribution in [2.24, 2.45) is 0 Å². The SMILES string of the molecule is C=C(O)C(C(=C)CC)N(C)c1ccccc1Nc1c(C(C)C)cccc1C(C)C. The molecular weight excluding hydrogens is 356 g/mol. The van der Waals surface area contributed by atoms with Crippen molar-refractivity contribution in [3.05, 3.63) is 78.1 Å². The van der Waals surface area contributed by atoms with Gasteiger partial charge in [0.1, 0.15) is 11.8 Å². The Morgan fingerprint density at radius 3 is 2.00 bits per heavy atom. The molecule has 2 aromatic carbocycles. The molecule has 1 unspecified atom stereocenters. The van der Waals surface area contributed by atoms with E-state index in [0.29, 0.717) is 11.8 Å². The molecule has 3 heteroatoms. The van der Waals surface area contributed by atoms with E-state index in [9.17, 15) is 5.11 Å². The van der Waals surface area contributed by atoms with Gasteiger partial charge in [-0.05, 0) is 47.1 Å². The zero-order valence-electron chi connectivity index (χ0n) is 18.8. The van der Waals surface area contributed by atoms with Crippen LogP contribution < -0.4 is 10.2 Å². The van der Waals surface area contributed by atoms with Gasteiger partial charge < -0.3 is 15.3 Å². The first kappa shape index (κ1) is 22.6. The normalized spacial score (nSPS) is 12.1. The summed E-state index contributed by atoms with van der Waals surface area (Å²) in [6, 6.07) is 14.4. The fourth-order valence-corrected chi connectivity index (χ4v) is 3.78. The number of likely N-dealkylation sites (N-methyl/N-ethyl adjacent to an activating group) is 1. The van der Waals surface area contributed by atoms with E-state index in [1.54, 1.807) is 0 Å². The molecule has 0 heterocycles. The van der Waals surface area contributed by atoms with Crippen molar-refractivity contribution in [3.63, 3.8) is 0 Å². The predicted octanol–water partition coefficient (Wildman–Crippen LogP) is 7.52. The molecule has 156 valence electrons. The second kappa shape index (κ2) is 9.69. The van der Waals surface area contributed by atoms with Crippen LogP contribution in [0.4, 0.5) is 17.1 Å². The highest BCUT2D eigenvalue weighted by Crippen LogP contribution is 2.38. The summed E-state index contributed by atoms with van der Waals surface area (Å²) < 4.78 is 0. The van der Waals surface area contributed by atoms with Crippen molar-refractivity contribution >= 4 is 17.1 Å². The molecule has 0 radical (unpaired) electrons. The van der Waals surface area contributed by atoms with Crippen LogP contribution in [0.15, 0.2) is 67.0 Å². The second-order valence-electron chi connectivity index (χ2n) is 8.28. The minimum absolute atomic E-state index is 0.111. The first-order valence-electron chi connectivity index (χ1n) is 10.5. The molecule has 0 saturated heterocycles. The fraction of sp³-hybridized carbons (Fsp3) is 0.385. The standard InChI is InChI=1S/C26H36N2O/c1-9-19(6)26(20(7)29)28(8)24-16-11-10-15-23(24)27-25-21(17(2)3)13-12-14-22(25)18(4)5/h10-18,26-27,29H,6-7,9H2,1-5,8H3. The quantitative estimate of drug-likeness (QED) is 0.342. The molecule has 0 aliphatic heterocycles. The van der Waals surface area contributed by atoms with Crippen LogP contribution in [0.2, 0.25) is 0 Å². The predicted molar refractivity (Wildman–Crippen MR) is 128 cm³/mol. The molecule has 0 saturated carbocycles. The van der Waals surface area contributed by atoms with Crippen LogP contribution in [-0.2, 0) is 0 Å². The van der Waals surface area contributed by atoms with Crippen molar-refractivity contribution in [2.45, 2.75) is 58.9 Å². The Balaban J connectivity index is 2.55. The van der Waals surface area contributed by atoms with Gasteiger partial charge in [-0.15, -0.1) is 0 Å². The highest BCUT2D eigenvalue weighted by molar-refractivity contribution is 5.79. The van der Waals surface area contributed by atoms with Gasteiger partial charge in [0.15, 0.2) is 0 Å². The zero-order chi connectivity index (χ0) is 21.7. The highest BCUT2D eigenvalue weighted by atomic mass is 16.3. The van der Waals surface area contributed by atoms with E-state index in [-0.39, 0.29) is 11.8 Å². The molecule has 0 bridgehead atoms. The highest BCUT2D eigenvalue weighted by Gasteiger charge is 2.23. The van der Waals surface area contributed by atoms with Gasteiger partial charge in [-0.2, -0.15) is 0 Å². The second-order valence-corrected chi connectivity index (χ2v) is 8.28. The summed E-state index contributed by atoms with van der Waals surface area (Å²) in [5, 5.41) is 14.0. The van der Waals surface area contributed by atoms with Gasteiger partial charge in [-0.3, -0.25) is 0 Å². The third-order valence-corrected chi connectivity index (χ3v) is 5.46. The molecule has 29 heavy (non-hydrogen) atoms. The van der Waals surface area contributed by atoms with E-state index in [4.69, 9.17) is 0 Å². The molecule has 0 aliphatic rings. The number of aliphatic hydroxyl groups excluding tert-OH is 1. The largest absolute Gasteiger partial charge is 0.510 e. The van der Waals surface area contributed by atoms with Crippen molar-refractivity contribution in [2.75, 3.05) is 17.3 Å². The molecule has 2 aromatic rings. The van der Waals surface area contributed by atoms with Crippen molar-refractivity contribution in [3.8, 4) is 0 Å². The monoisotopic (exact) mass is 392 g/mol. The summed E-state index contributed by atoms with van der Waals surface area (Å²) in [5.41, 5.74) is 6.70. The van der Waals surface area contributed by atoms with Gasteiger partial charge in [-0.1, -0.05) is 78.1 Å². The van der Waals surface area contributed by atoms with E-state index < -0.39 is 0 Å². The number of hydrogen-bond donors (Lipinski definition) is 2. The van der Waals surface area contributed by atoms with Gasteiger partial charge in [0.2, 0.25) is 0 Å². The third kappa shape index (κ3) is 5.03. The number of rotatable bonds is 9. The lowest BCUT2D eigenvalue weighted by Crippen LogP contribution is -2.34. The van der Waals surface area contributed by atoms with E-state index in [2.05, 4.69) is 76.5 Å². The maximum atomic E-state index is 10.2. The van der Waals surface area contributed by atoms with Gasteiger partial charge in [0.05, 0.1) is 11.4 Å². The Bertz CT molecular complexity index is 841. The Hall–Kier alpha value is -2.68. The van der Waals surface area contributed by atoms with E-state index in [1.165, 1.54) is 16.8 Å². The molecule has 2 N–H and O–H groups in total. The first-order valence-corrected chi connectivity index (χ1v) is 10.5. The zero-order valence-corrected chi connectivity index (χ0v) is 18.8. The fourth-order valence-electron chi connectivity index (χ4n) is 3.78. The van der Waals surface area contributed by atoms with E-state index in [1.807, 2.05) is 31.0 Å². The number of anilines is 3. The van der Waals surface area contributed by atoms with Crippen molar-refractivity contribution < 1.29 is 5.11 Å². The van der Waals surface area contributed by atoms with Gasteiger partial charge in [0, 0.05) is 12.7 Å². The molecule has 0 spiro atoms.